The van der Waals surface area contributed by atoms with Crippen LogP contribution in [0.5, 0.6) is 0 Å². The fourth-order valence-corrected chi connectivity index (χ4v) is 4.42. The summed E-state index contributed by atoms with van der Waals surface area (Å²) in [6, 6.07) is 11.5. The Hall–Kier alpha value is -1.20. The summed E-state index contributed by atoms with van der Waals surface area (Å²) >= 11 is 0. The molecule has 0 N–H and O–H groups in total. The van der Waals surface area contributed by atoms with Crippen LogP contribution in [-0.4, -0.2) is 0 Å². The first-order chi connectivity index (χ1) is 12.1. The minimum atomic E-state index is 0. The summed E-state index contributed by atoms with van der Waals surface area (Å²) in [6.07, 6.45) is 15.4. The van der Waals surface area contributed by atoms with E-state index in [2.05, 4.69) is 69.3 Å². The first-order valence-electron chi connectivity index (χ1n) is 9.65. The molecule has 0 radical (unpaired) electrons. The first kappa shape index (κ1) is 19.6. The molecule has 0 heterocycles. The molecule has 2 aromatic rings. The third-order valence-corrected chi connectivity index (χ3v) is 5.50. The quantitative estimate of drug-likeness (QED) is 0.586. The Morgan fingerprint density at radius 3 is 2.19 bits per heavy atom. The number of allylic oxidation sites excluding steroid dienone is 2. The van der Waals surface area contributed by atoms with E-state index in [0.717, 1.165) is 5.92 Å². The van der Waals surface area contributed by atoms with E-state index in [1.54, 1.807) is 0 Å². The molecule has 132 valence electrons. The maximum atomic E-state index is 3.67. The largest absolute Gasteiger partial charge is 0.145 e. The Morgan fingerprint density at radius 2 is 1.50 bits per heavy atom. The van der Waals surface area contributed by atoms with Gasteiger partial charge in [0.1, 0.15) is 0 Å². The molecule has 2 aromatic carbocycles. The second kappa shape index (κ2) is 8.22. The van der Waals surface area contributed by atoms with E-state index < -0.39 is 0 Å². The topological polar surface area (TPSA) is 0 Å². The van der Waals surface area contributed by atoms with Crippen molar-refractivity contribution in [3.63, 3.8) is 0 Å². The third kappa shape index (κ3) is 4.20. The van der Waals surface area contributed by atoms with E-state index in [1.165, 1.54) is 75.9 Å². The van der Waals surface area contributed by atoms with Crippen molar-refractivity contribution in [2.24, 2.45) is 5.92 Å². The zero-order chi connectivity index (χ0) is 17.4. The van der Waals surface area contributed by atoms with Crippen LogP contribution < -0.4 is 10.4 Å². The molecule has 1 heteroatoms. The second-order valence-corrected chi connectivity index (χ2v) is 7.94. The number of aryl methyl sites for hydroxylation is 3. The molecule has 0 atom stereocenters. The Kier molecular flexibility index (Phi) is 6.18. The molecule has 0 saturated heterocycles. The van der Waals surface area contributed by atoms with E-state index in [1.807, 2.05) is 0 Å². The van der Waals surface area contributed by atoms with Gasteiger partial charge in [-0.15, -0.1) is 40.3 Å². The molecule has 1 saturated carbocycles. The van der Waals surface area contributed by atoms with E-state index >= 15 is 0 Å². The maximum Gasteiger partial charge on any atom is 0 e. The van der Waals surface area contributed by atoms with Crippen LogP contribution >= 0.6 is 0 Å². The van der Waals surface area contributed by atoms with Crippen LogP contribution in [0, 0.1) is 26.7 Å². The van der Waals surface area contributed by atoms with E-state index in [0.29, 0.717) is 0 Å². The van der Waals surface area contributed by atoms with Crippen molar-refractivity contribution in [1.29, 1.82) is 0 Å². The Labute approximate surface area is 176 Å². The van der Waals surface area contributed by atoms with Gasteiger partial charge in [-0.1, -0.05) is 78.6 Å². The normalized spacial score (nSPS) is 18.0. The van der Waals surface area contributed by atoms with Gasteiger partial charge in [0.15, 0.2) is 0 Å². The molecular weight excluding hydrogens is 391 g/mol. The van der Waals surface area contributed by atoms with Crippen molar-refractivity contribution in [3.05, 3.63) is 69.1 Å². The molecule has 1 fully saturated rings. The SMILES string of the molecule is Cc1cc(C)cc(-c2cc(C)cc3c2=CC(=CC2CCCCC2)[C-]=3)c1.[Zr]. The average molecular weight is 419 g/mol. The molecule has 0 aromatic heterocycles. The van der Waals surface area contributed by atoms with Crippen molar-refractivity contribution in [3.8, 4) is 11.1 Å². The monoisotopic (exact) mass is 417 g/mol. The molecule has 0 unspecified atom stereocenters. The van der Waals surface area contributed by atoms with Crippen LogP contribution in [0.1, 0.15) is 48.8 Å². The zero-order valence-corrected chi connectivity index (χ0v) is 18.6. The number of hydrogen-bond donors (Lipinski definition) is 0. The predicted molar refractivity (Wildman–Crippen MR) is 108 cm³/mol. The molecule has 0 spiro atoms. The summed E-state index contributed by atoms with van der Waals surface area (Å²) in [5.74, 6) is 0.743. The molecule has 0 aliphatic heterocycles. The summed E-state index contributed by atoms with van der Waals surface area (Å²) in [5, 5.41) is 2.61. The van der Waals surface area contributed by atoms with Gasteiger partial charge in [-0.3, -0.25) is 0 Å². The molecular formula is C25H27Zr-. The number of rotatable bonds is 2. The minimum Gasteiger partial charge on any atom is -0.145 e. The van der Waals surface area contributed by atoms with Gasteiger partial charge in [0.25, 0.3) is 0 Å². The Morgan fingerprint density at radius 1 is 0.846 bits per heavy atom. The number of hydrogen-bond acceptors (Lipinski definition) is 0. The van der Waals surface area contributed by atoms with Crippen LogP contribution in [0.4, 0.5) is 0 Å². The fourth-order valence-electron chi connectivity index (χ4n) is 4.42. The first-order valence-corrected chi connectivity index (χ1v) is 9.65. The van der Waals surface area contributed by atoms with Gasteiger partial charge < -0.3 is 0 Å². The van der Waals surface area contributed by atoms with Gasteiger partial charge in [0.05, 0.1) is 0 Å². The van der Waals surface area contributed by atoms with Gasteiger partial charge in [0.2, 0.25) is 0 Å². The molecule has 26 heavy (non-hydrogen) atoms. The van der Waals surface area contributed by atoms with Crippen molar-refractivity contribution >= 4 is 12.2 Å². The summed E-state index contributed by atoms with van der Waals surface area (Å²) in [4.78, 5) is 0. The second-order valence-electron chi connectivity index (χ2n) is 7.94. The van der Waals surface area contributed by atoms with Crippen molar-refractivity contribution in [2.75, 3.05) is 0 Å². The molecule has 2 aliphatic rings. The molecule has 4 rings (SSSR count). The van der Waals surface area contributed by atoms with Crippen LogP contribution in [0.15, 0.2) is 42.0 Å². The summed E-state index contributed by atoms with van der Waals surface area (Å²) in [5.41, 5.74) is 7.94. The van der Waals surface area contributed by atoms with E-state index in [-0.39, 0.29) is 26.2 Å². The van der Waals surface area contributed by atoms with Gasteiger partial charge in [-0.2, -0.15) is 0 Å². The zero-order valence-electron chi connectivity index (χ0n) is 16.2. The Balaban J connectivity index is 0.00000196. The van der Waals surface area contributed by atoms with Crippen molar-refractivity contribution in [2.45, 2.75) is 52.9 Å². The summed E-state index contributed by atoms with van der Waals surface area (Å²) in [7, 11) is 0. The third-order valence-electron chi connectivity index (χ3n) is 5.50. The van der Waals surface area contributed by atoms with E-state index in [9.17, 15) is 0 Å². The standard InChI is InChI=1S/C25H27.Zr/c1-17-9-18(2)11-22(10-17)24-13-19(3)12-23-15-21(16-25(23)24)14-20-7-5-4-6-8-20;/h9-14,16,20H,4-8H2,1-3H3;/q-1;. The molecule has 0 nitrogen and oxygen atoms in total. The van der Waals surface area contributed by atoms with E-state index in [4.69, 9.17) is 0 Å². The summed E-state index contributed by atoms with van der Waals surface area (Å²) < 4.78 is 0. The maximum absolute atomic E-state index is 3.67. The summed E-state index contributed by atoms with van der Waals surface area (Å²) in [6.45, 7) is 6.56. The van der Waals surface area contributed by atoms with Gasteiger partial charge in [-0.25, -0.2) is 0 Å². The van der Waals surface area contributed by atoms with Gasteiger partial charge in [-0.05, 0) is 32.3 Å². The predicted octanol–water partition coefficient (Wildman–Crippen LogP) is 5.23. The number of fused-ring (bicyclic) bond motifs is 1. The molecule has 0 amide bonds. The van der Waals surface area contributed by atoms with Gasteiger partial charge in [0, 0.05) is 26.2 Å². The smallest absolute Gasteiger partial charge is 0 e. The molecule has 2 aliphatic carbocycles. The van der Waals surface area contributed by atoms with Crippen molar-refractivity contribution in [1.82, 2.24) is 0 Å². The van der Waals surface area contributed by atoms with Crippen LogP contribution in [-0.2, 0) is 26.2 Å². The van der Waals surface area contributed by atoms with Gasteiger partial charge >= 0.3 is 0 Å². The minimum absolute atomic E-state index is 0. The average Bonchev–Trinajstić information content (AvgIpc) is 2.96. The van der Waals surface area contributed by atoms with Crippen LogP contribution in [0.2, 0.25) is 0 Å². The molecule has 0 bridgehead atoms. The fraction of sp³-hybridized carbons (Fsp3) is 0.360. The van der Waals surface area contributed by atoms with Crippen LogP contribution in [0.25, 0.3) is 23.3 Å². The van der Waals surface area contributed by atoms with Crippen molar-refractivity contribution < 1.29 is 26.2 Å². The Bertz CT molecular complexity index is 936. The van der Waals surface area contributed by atoms with Crippen LogP contribution in [0.3, 0.4) is 0 Å². The number of benzene rings is 2.